The number of anilines is 3. The molecular formula is C21H32N6O. The van der Waals surface area contributed by atoms with Crippen molar-refractivity contribution in [1.29, 1.82) is 0 Å². The Labute approximate surface area is 168 Å². The molecule has 0 aliphatic rings. The first-order valence-electron chi connectivity index (χ1n) is 9.83. The van der Waals surface area contributed by atoms with E-state index in [9.17, 15) is 4.79 Å². The fourth-order valence-corrected chi connectivity index (χ4v) is 2.93. The van der Waals surface area contributed by atoms with Crippen LogP contribution >= 0.6 is 0 Å². The van der Waals surface area contributed by atoms with Crippen molar-refractivity contribution in [3.05, 3.63) is 41.7 Å². The number of carbonyl (C=O) groups is 1. The maximum Gasteiger partial charge on any atom is 0.270 e. The second-order valence-electron chi connectivity index (χ2n) is 6.97. The van der Waals surface area contributed by atoms with Crippen molar-refractivity contribution in [3.8, 4) is 0 Å². The lowest BCUT2D eigenvalue weighted by molar-refractivity contribution is 0.0947. The van der Waals surface area contributed by atoms with Crippen molar-refractivity contribution in [2.24, 2.45) is 0 Å². The number of amides is 1. The Kier molecular flexibility index (Phi) is 8.19. The first-order chi connectivity index (χ1) is 13.4. The van der Waals surface area contributed by atoms with E-state index in [0.717, 1.165) is 37.3 Å². The summed E-state index contributed by atoms with van der Waals surface area (Å²) in [4.78, 5) is 25.3. The highest BCUT2D eigenvalue weighted by atomic mass is 16.1. The number of hydrogen-bond acceptors (Lipinski definition) is 6. The molecule has 0 aliphatic heterocycles. The molecule has 2 aromatic rings. The van der Waals surface area contributed by atoms with Crippen molar-refractivity contribution in [2.75, 3.05) is 50.5 Å². The summed E-state index contributed by atoms with van der Waals surface area (Å²) in [5, 5.41) is 6.12. The van der Waals surface area contributed by atoms with Crippen molar-refractivity contribution >= 4 is 23.2 Å². The molecule has 0 radical (unpaired) electrons. The summed E-state index contributed by atoms with van der Waals surface area (Å²) in [5.74, 6) is 0.234. The van der Waals surface area contributed by atoms with Crippen LogP contribution in [-0.4, -0.2) is 61.0 Å². The van der Waals surface area contributed by atoms with E-state index in [2.05, 4.69) is 63.3 Å². The van der Waals surface area contributed by atoms with E-state index < -0.39 is 0 Å². The molecule has 0 unspecified atom stereocenters. The lowest BCUT2D eigenvalue weighted by atomic mass is 10.1. The Balaban J connectivity index is 2.03. The standard InChI is InChI=1S/C21H32N6O/c1-6-27(7-2)17-9-10-18(16(3)15-17)24-21-23-13-11-19(25-21)20(28)22-12-8-14-26(4)5/h9-11,13,15H,6-8,12,14H2,1-5H3,(H,22,28)(H,23,24,25). The number of benzene rings is 1. The van der Waals surface area contributed by atoms with E-state index >= 15 is 0 Å². The van der Waals surface area contributed by atoms with Gasteiger partial charge in [-0.1, -0.05) is 0 Å². The van der Waals surface area contributed by atoms with Crippen molar-refractivity contribution in [3.63, 3.8) is 0 Å². The normalized spacial score (nSPS) is 10.8. The predicted molar refractivity (Wildman–Crippen MR) is 116 cm³/mol. The topological polar surface area (TPSA) is 73.4 Å². The van der Waals surface area contributed by atoms with E-state index in [4.69, 9.17) is 0 Å². The summed E-state index contributed by atoms with van der Waals surface area (Å²) >= 11 is 0. The predicted octanol–water partition coefficient (Wildman–Crippen LogP) is 3.06. The van der Waals surface area contributed by atoms with Gasteiger partial charge in [-0.3, -0.25) is 4.79 Å². The minimum absolute atomic E-state index is 0.183. The highest BCUT2D eigenvalue weighted by Gasteiger charge is 2.10. The van der Waals surface area contributed by atoms with Gasteiger partial charge >= 0.3 is 0 Å². The Morgan fingerprint density at radius 1 is 1.14 bits per heavy atom. The van der Waals surface area contributed by atoms with Gasteiger partial charge in [-0.15, -0.1) is 0 Å². The minimum atomic E-state index is -0.183. The van der Waals surface area contributed by atoms with Crippen LogP contribution in [0, 0.1) is 6.92 Å². The lowest BCUT2D eigenvalue weighted by Crippen LogP contribution is -2.28. The zero-order chi connectivity index (χ0) is 20.5. The van der Waals surface area contributed by atoms with Crippen LogP contribution in [0.15, 0.2) is 30.5 Å². The molecule has 0 atom stereocenters. The molecule has 0 saturated carbocycles. The average Bonchev–Trinajstić information content (AvgIpc) is 2.68. The molecule has 1 amide bonds. The molecule has 0 fully saturated rings. The Bertz CT molecular complexity index is 773. The molecule has 1 aromatic carbocycles. The number of hydrogen-bond donors (Lipinski definition) is 2. The van der Waals surface area contributed by atoms with Crippen LogP contribution in [0.2, 0.25) is 0 Å². The third-order valence-electron chi connectivity index (χ3n) is 4.54. The summed E-state index contributed by atoms with van der Waals surface area (Å²) in [6.45, 7) is 9.84. The number of aryl methyl sites for hydroxylation is 1. The zero-order valence-electron chi connectivity index (χ0n) is 17.6. The van der Waals surface area contributed by atoms with Gasteiger partial charge < -0.3 is 20.4 Å². The third kappa shape index (κ3) is 6.20. The number of carbonyl (C=O) groups excluding carboxylic acids is 1. The lowest BCUT2D eigenvalue weighted by Gasteiger charge is -2.22. The molecule has 7 heteroatoms. The fourth-order valence-electron chi connectivity index (χ4n) is 2.93. The molecule has 2 rings (SSSR count). The van der Waals surface area contributed by atoms with Crippen LogP contribution in [0.5, 0.6) is 0 Å². The summed E-state index contributed by atoms with van der Waals surface area (Å²) in [6.07, 6.45) is 2.50. The third-order valence-corrected chi connectivity index (χ3v) is 4.54. The fraction of sp³-hybridized carbons (Fsp3) is 0.476. The van der Waals surface area contributed by atoms with Gasteiger partial charge in [0.25, 0.3) is 5.91 Å². The highest BCUT2D eigenvalue weighted by molar-refractivity contribution is 5.92. The van der Waals surface area contributed by atoms with E-state index in [1.54, 1.807) is 12.3 Å². The Hall–Kier alpha value is -2.67. The number of aromatic nitrogens is 2. The first kappa shape index (κ1) is 21.6. The first-order valence-corrected chi connectivity index (χ1v) is 9.83. The van der Waals surface area contributed by atoms with Gasteiger partial charge in [0, 0.05) is 37.2 Å². The quantitative estimate of drug-likeness (QED) is 0.614. The molecule has 1 heterocycles. The molecule has 2 N–H and O–H groups in total. The van der Waals surface area contributed by atoms with Crippen molar-refractivity contribution in [1.82, 2.24) is 20.2 Å². The molecule has 7 nitrogen and oxygen atoms in total. The second kappa shape index (κ2) is 10.6. The van der Waals surface area contributed by atoms with E-state index in [1.807, 2.05) is 20.2 Å². The smallest absolute Gasteiger partial charge is 0.270 e. The SMILES string of the molecule is CCN(CC)c1ccc(Nc2nccc(C(=O)NCCCN(C)C)n2)c(C)c1. The van der Waals surface area contributed by atoms with E-state index in [0.29, 0.717) is 18.2 Å². The highest BCUT2D eigenvalue weighted by Crippen LogP contribution is 2.24. The summed E-state index contributed by atoms with van der Waals surface area (Å²) in [7, 11) is 4.03. The van der Waals surface area contributed by atoms with Crippen LogP contribution in [0.4, 0.5) is 17.3 Å². The van der Waals surface area contributed by atoms with Gasteiger partial charge in [0.05, 0.1) is 0 Å². The van der Waals surface area contributed by atoms with Gasteiger partial charge in [-0.2, -0.15) is 0 Å². The van der Waals surface area contributed by atoms with Crippen molar-refractivity contribution in [2.45, 2.75) is 27.2 Å². The molecule has 152 valence electrons. The van der Waals surface area contributed by atoms with Gasteiger partial charge in [0.2, 0.25) is 5.95 Å². The largest absolute Gasteiger partial charge is 0.372 e. The van der Waals surface area contributed by atoms with E-state index in [1.165, 1.54) is 5.69 Å². The summed E-state index contributed by atoms with van der Waals surface area (Å²) < 4.78 is 0. The number of nitrogens with zero attached hydrogens (tertiary/aromatic N) is 4. The average molecular weight is 385 g/mol. The molecule has 0 spiro atoms. The monoisotopic (exact) mass is 384 g/mol. The Morgan fingerprint density at radius 3 is 2.54 bits per heavy atom. The molecule has 1 aromatic heterocycles. The van der Waals surface area contributed by atoms with Gasteiger partial charge in [-0.25, -0.2) is 9.97 Å². The maximum atomic E-state index is 12.3. The second-order valence-corrected chi connectivity index (χ2v) is 6.97. The molecule has 0 bridgehead atoms. The van der Waals surface area contributed by atoms with Gasteiger partial charge in [0.1, 0.15) is 5.69 Å². The maximum absolute atomic E-state index is 12.3. The van der Waals surface area contributed by atoms with Crippen LogP contribution in [0.25, 0.3) is 0 Å². The summed E-state index contributed by atoms with van der Waals surface area (Å²) in [5.41, 5.74) is 3.59. The summed E-state index contributed by atoms with van der Waals surface area (Å²) in [6, 6.07) is 7.89. The zero-order valence-corrected chi connectivity index (χ0v) is 17.6. The van der Waals surface area contributed by atoms with Crippen LogP contribution in [0.3, 0.4) is 0 Å². The number of rotatable bonds is 10. The van der Waals surface area contributed by atoms with Crippen LogP contribution in [0.1, 0.15) is 36.3 Å². The van der Waals surface area contributed by atoms with Gasteiger partial charge in [-0.05, 0) is 77.7 Å². The molecular weight excluding hydrogens is 352 g/mol. The molecule has 0 saturated heterocycles. The van der Waals surface area contributed by atoms with Crippen LogP contribution < -0.4 is 15.5 Å². The number of nitrogens with one attached hydrogen (secondary N) is 2. The Morgan fingerprint density at radius 2 is 1.89 bits per heavy atom. The van der Waals surface area contributed by atoms with Gasteiger partial charge in [0.15, 0.2) is 0 Å². The van der Waals surface area contributed by atoms with Crippen molar-refractivity contribution < 1.29 is 4.79 Å². The molecule has 0 aliphatic carbocycles. The minimum Gasteiger partial charge on any atom is -0.372 e. The van der Waals surface area contributed by atoms with Crippen LogP contribution in [-0.2, 0) is 0 Å². The van der Waals surface area contributed by atoms with E-state index in [-0.39, 0.29) is 5.91 Å². The molecule has 28 heavy (non-hydrogen) atoms.